The second kappa shape index (κ2) is 7.75. The minimum Gasteiger partial charge on any atom is -0.496 e. The monoisotopic (exact) mass is 371 g/mol. The van der Waals surface area contributed by atoms with Crippen LogP contribution in [0.2, 0.25) is 0 Å². The number of methoxy groups -OCH3 is 1. The predicted molar refractivity (Wildman–Crippen MR) is 97.6 cm³/mol. The highest BCUT2D eigenvalue weighted by Crippen LogP contribution is 2.26. The normalized spacial score (nSPS) is 10.2. The van der Waals surface area contributed by atoms with Gasteiger partial charge in [0, 0.05) is 17.1 Å². The van der Waals surface area contributed by atoms with Crippen LogP contribution in [0.5, 0.6) is 5.75 Å². The summed E-state index contributed by atoms with van der Waals surface area (Å²) < 4.78 is 18.9. The number of amides is 2. The van der Waals surface area contributed by atoms with Crippen LogP contribution >= 0.6 is 11.3 Å². The fourth-order valence-corrected chi connectivity index (χ4v) is 2.86. The van der Waals surface area contributed by atoms with E-state index in [0.29, 0.717) is 16.4 Å². The van der Waals surface area contributed by atoms with Gasteiger partial charge in [-0.25, -0.2) is 14.2 Å². The first-order chi connectivity index (χ1) is 12.6. The van der Waals surface area contributed by atoms with Crippen LogP contribution in [-0.4, -0.2) is 23.9 Å². The standard InChI is InChI=1S/C18H14FN3O3S/c1-25-15-5-3-2-4-13(15)16(23)12-7-6-11(19)10-14(12)21-17(24)22-18-20-8-9-26-18/h2-10H,1H3,(H2,20,21,22,24). The Hall–Kier alpha value is -3.26. The summed E-state index contributed by atoms with van der Waals surface area (Å²) in [5.41, 5.74) is 0.505. The summed E-state index contributed by atoms with van der Waals surface area (Å²) in [6, 6.07) is 9.63. The molecule has 1 heterocycles. The zero-order chi connectivity index (χ0) is 18.5. The number of ether oxygens (including phenoxy) is 1. The van der Waals surface area contributed by atoms with Gasteiger partial charge in [-0.05, 0) is 30.3 Å². The van der Waals surface area contributed by atoms with Crippen molar-refractivity contribution < 1.29 is 18.7 Å². The molecule has 0 saturated heterocycles. The Labute approximate surface area is 152 Å². The first-order valence-electron chi connectivity index (χ1n) is 7.53. The number of nitrogens with one attached hydrogen (secondary N) is 2. The van der Waals surface area contributed by atoms with Crippen LogP contribution in [0.1, 0.15) is 15.9 Å². The molecule has 2 amide bonds. The molecule has 0 aliphatic rings. The second-order valence-electron chi connectivity index (χ2n) is 5.14. The Bertz CT molecular complexity index is 945. The molecule has 3 aromatic rings. The molecule has 2 aromatic carbocycles. The number of rotatable bonds is 5. The van der Waals surface area contributed by atoms with E-state index in [0.717, 1.165) is 12.1 Å². The van der Waals surface area contributed by atoms with E-state index in [-0.39, 0.29) is 11.3 Å². The third-order valence-electron chi connectivity index (χ3n) is 3.48. The molecule has 0 fully saturated rings. The Morgan fingerprint density at radius 3 is 2.65 bits per heavy atom. The quantitative estimate of drug-likeness (QED) is 0.660. The number of carbonyl (C=O) groups excluding carboxylic acids is 2. The van der Waals surface area contributed by atoms with E-state index in [9.17, 15) is 14.0 Å². The smallest absolute Gasteiger partial charge is 0.325 e. The van der Waals surface area contributed by atoms with Gasteiger partial charge in [-0.15, -0.1) is 11.3 Å². The number of hydrogen-bond acceptors (Lipinski definition) is 5. The van der Waals surface area contributed by atoms with Crippen molar-refractivity contribution in [2.24, 2.45) is 0 Å². The first kappa shape index (κ1) is 17.6. The van der Waals surface area contributed by atoms with Gasteiger partial charge in [0.2, 0.25) is 0 Å². The van der Waals surface area contributed by atoms with Crippen molar-refractivity contribution in [3.05, 3.63) is 71.0 Å². The summed E-state index contributed by atoms with van der Waals surface area (Å²) in [7, 11) is 1.46. The minimum atomic E-state index is -0.625. The molecule has 0 saturated carbocycles. The van der Waals surface area contributed by atoms with E-state index >= 15 is 0 Å². The number of benzene rings is 2. The molecule has 26 heavy (non-hydrogen) atoms. The molecule has 3 rings (SSSR count). The molecular formula is C18H14FN3O3S. The minimum absolute atomic E-state index is 0.0509. The molecule has 6 nitrogen and oxygen atoms in total. The Balaban J connectivity index is 1.90. The summed E-state index contributed by atoms with van der Waals surface area (Å²) in [5.74, 6) is -0.585. The fourth-order valence-electron chi connectivity index (χ4n) is 2.33. The fraction of sp³-hybridized carbons (Fsp3) is 0.0556. The SMILES string of the molecule is COc1ccccc1C(=O)c1ccc(F)cc1NC(=O)Nc1nccs1. The van der Waals surface area contributed by atoms with E-state index in [2.05, 4.69) is 15.6 Å². The molecule has 132 valence electrons. The van der Waals surface area contributed by atoms with Gasteiger partial charge >= 0.3 is 6.03 Å². The van der Waals surface area contributed by atoms with Crippen LogP contribution in [0.3, 0.4) is 0 Å². The van der Waals surface area contributed by atoms with Crippen molar-refractivity contribution in [1.29, 1.82) is 0 Å². The number of urea groups is 1. The van der Waals surface area contributed by atoms with Gasteiger partial charge < -0.3 is 10.1 Å². The van der Waals surface area contributed by atoms with Crippen LogP contribution in [0, 0.1) is 5.82 Å². The lowest BCUT2D eigenvalue weighted by Crippen LogP contribution is -2.21. The zero-order valence-electron chi connectivity index (χ0n) is 13.7. The lowest BCUT2D eigenvalue weighted by molar-refractivity contribution is 0.103. The van der Waals surface area contributed by atoms with Crippen molar-refractivity contribution in [3.63, 3.8) is 0 Å². The van der Waals surface area contributed by atoms with Crippen LogP contribution in [0.25, 0.3) is 0 Å². The number of aromatic nitrogens is 1. The highest BCUT2D eigenvalue weighted by atomic mass is 32.1. The number of hydrogen-bond donors (Lipinski definition) is 2. The van der Waals surface area contributed by atoms with Crippen molar-refractivity contribution in [2.45, 2.75) is 0 Å². The van der Waals surface area contributed by atoms with Gasteiger partial charge in [0.1, 0.15) is 11.6 Å². The third kappa shape index (κ3) is 3.86. The van der Waals surface area contributed by atoms with E-state index in [1.807, 2.05) is 0 Å². The van der Waals surface area contributed by atoms with Crippen LogP contribution in [0.4, 0.5) is 20.0 Å². The molecule has 2 N–H and O–H groups in total. The van der Waals surface area contributed by atoms with Crippen LogP contribution < -0.4 is 15.4 Å². The average Bonchev–Trinajstić information content (AvgIpc) is 3.14. The van der Waals surface area contributed by atoms with Crippen molar-refractivity contribution >= 4 is 34.0 Å². The predicted octanol–water partition coefficient (Wildman–Crippen LogP) is 4.17. The van der Waals surface area contributed by atoms with Crippen molar-refractivity contribution in [1.82, 2.24) is 4.98 Å². The largest absolute Gasteiger partial charge is 0.496 e. The number of nitrogens with zero attached hydrogens (tertiary/aromatic N) is 1. The Morgan fingerprint density at radius 1 is 1.12 bits per heavy atom. The van der Waals surface area contributed by atoms with Gasteiger partial charge in [0.25, 0.3) is 0 Å². The molecule has 0 aliphatic carbocycles. The highest BCUT2D eigenvalue weighted by Gasteiger charge is 2.19. The molecule has 1 aromatic heterocycles. The number of carbonyl (C=O) groups is 2. The first-order valence-corrected chi connectivity index (χ1v) is 8.41. The van der Waals surface area contributed by atoms with Gasteiger partial charge in [-0.3, -0.25) is 10.1 Å². The maximum Gasteiger partial charge on any atom is 0.325 e. The summed E-state index contributed by atoms with van der Waals surface area (Å²) in [6.07, 6.45) is 1.54. The Kier molecular flexibility index (Phi) is 5.23. The molecule has 0 unspecified atom stereocenters. The number of ketones is 1. The molecule has 0 aliphatic heterocycles. The van der Waals surface area contributed by atoms with E-state index in [1.54, 1.807) is 35.8 Å². The van der Waals surface area contributed by atoms with Crippen LogP contribution in [-0.2, 0) is 0 Å². The van der Waals surface area contributed by atoms with Gasteiger partial charge in [0.15, 0.2) is 10.9 Å². The number of thiazole rings is 1. The van der Waals surface area contributed by atoms with Gasteiger partial charge in [0.05, 0.1) is 18.4 Å². The topological polar surface area (TPSA) is 80.3 Å². The second-order valence-corrected chi connectivity index (χ2v) is 6.03. The highest BCUT2D eigenvalue weighted by molar-refractivity contribution is 7.13. The third-order valence-corrected chi connectivity index (χ3v) is 4.17. The molecule has 0 atom stereocenters. The molecular weight excluding hydrogens is 357 g/mol. The molecule has 8 heteroatoms. The number of anilines is 2. The summed E-state index contributed by atoms with van der Waals surface area (Å²) in [4.78, 5) is 28.9. The lowest BCUT2D eigenvalue weighted by atomic mass is 10.0. The van der Waals surface area contributed by atoms with Crippen molar-refractivity contribution in [3.8, 4) is 5.75 Å². The summed E-state index contributed by atoms with van der Waals surface area (Å²) in [6.45, 7) is 0. The average molecular weight is 371 g/mol. The van der Waals surface area contributed by atoms with Gasteiger partial charge in [-0.1, -0.05) is 12.1 Å². The van der Waals surface area contributed by atoms with E-state index in [4.69, 9.17) is 4.74 Å². The molecule has 0 bridgehead atoms. The van der Waals surface area contributed by atoms with E-state index in [1.165, 1.54) is 24.5 Å². The van der Waals surface area contributed by atoms with E-state index < -0.39 is 17.6 Å². The lowest BCUT2D eigenvalue weighted by Gasteiger charge is -2.12. The number of halogens is 1. The maximum absolute atomic E-state index is 13.7. The van der Waals surface area contributed by atoms with Crippen molar-refractivity contribution in [2.75, 3.05) is 17.7 Å². The van der Waals surface area contributed by atoms with Gasteiger partial charge in [-0.2, -0.15) is 0 Å². The number of para-hydroxylation sites is 1. The molecule has 0 spiro atoms. The van der Waals surface area contributed by atoms with Crippen LogP contribution in [0.15, 0.2) is 54.0 Å². The molecule has 0 radical (unpaired) electrons. The Morgan fingerprint density at radius 2 is 1.92 bits per heavy atom. The summed E-state index contributed by atoms with van der Waals surface area (Å²) >= 11 is 1.24. The summed E-state index contributed by atoms with van der Waals surface area (Å²) in [5, 5.41) is 7.10. The maximum atomic E-state index is 13.7. The zero-order valence-corrected chi connectivity index (χ0v) is 14.5.